The summed E-state index contributed by atoms with van der Waals surface area (Å²) >= 11 is 0. The zero-order valence-corrected chi connectivity index (χ0v) is 15.5. The maximum Gasteiger partial charge on any atom is 0.226 e. The van der Waals surface area contributed by atoms with Crippen molar-refractivity contribution in [3.63, 3.8) is 0 Å². The van der Waals surface area contributed by atoms with Crippen molar-refractivity contribution in [3.05, 3.63) is 90.1 Å². The lowest BCUT2D eigenvalue weighted by molar-refractivity contribution is 0.268. The van der Waals surface area contributed by atoms with Crippen LogP contribution < -0.4 is 9.47 Å². The largest absolute Gasteiger partial charge is 0.473 e. The smallest absolute Gasteiger partial charge is 0.226 e. The molecule has 6 heteroatoms. The van der Waals surface area contributed by atoms with Crippen molar-refractivity contribution in [2.45, 2.75) is 13.2 Å². The fraction of sp³-hybridized carbons (Fsp3) is 0.136. The van der Waals surface area contributed by atoms with Gasteiger partial charge in [-0.15, -0.1) is 5.10 Å². The van der Waals surface area contributed by atoms with Crippen LogP contribution in [0.15, 0.2) is 79.0 Å². The first kappa shape index (κ1) is 17.7. The third kappa shape index (κ3) is 4.35. The molecule has 0 aliphatic rings. The number of nitrogens with zero attached hydrogens (tertiary/aromatic N) is 4. The van der Waals surface area contributed by atoms with Crippen LogP contribution in [0.5, 0.6) is 11.8 Å². The Morgan fingerprint density at radius 2 is 1.43 bits per heavy atom. The first-order valence-electron chi connectivity index (χ1n) is 8.99. The molecule has 28 heavy (non-hydrogen) atoms. The molecule has 4 aromatic rings. The molecule has 0 aliphatic heterocycles. The van der Waals surface area contributed by atoms with Gasteiger partial charge in [0.25, 0.3) is 0 Å². The highest BCUT2D eigenvalue weighted by molar-refractivity contribution is 5.64. The molecule has 0 aliphatic carbocycles. The maximum atomic E-state index is 6.01. The van der Waals surface area contributed by atoms with E-state index in [1.165, 1.54) is 0 Å². The van der Waals surface area contributed by atoms with Crippen LogP contribution in [-0.4, -0.2) is 20.0 Å². The molecule has 6 nitrogen and oxygen atoms in total. The molecule has 4 rings (SSSR count). The molecule has 0 N–H and O–H groups in total. The van der Waals surface area contributed by atoms with Gasteiger partial charge < -0.3 is 9.47 Å². The van der Waals surface area contributed by atoms with E-state index in [-0.39, 0.29) is 0 Å². The molecule has 0 saturated carbocycles. The molecular weight excluding hydrogens is 352 g/mol. The Morgan fingerprint density at radius 3 is 2.04 bits per heavy atom. The summed E-state index contributed by atoms with van der Waals surface area (Å²) in [7, 11) is 1.83. The fourth-order valence-corrected chi connectivity index (χ4v) is 2.74. The van der Waals surface area contributed by atoms with Gasteiger partial charge in [0.15, 0.2) is 0 Å². The summed E-state index contributed by atoms with van der Waals surface area (Å²) in [6, 6.07) is 23.7. The van der Waals surface area contributed by atoms with Crippen LogP contribution in [-0.2, 0) is 20.3 Å². The van der Waals surface area contributed by atoms with Gasteiger partial charge in [0.1, 0.15) is 18.9 Å². The highest BCUT2D eigenvalue weighted by atomic mass is 16.5. The Balaban J connectivity index is 1.57. The normalized spacial score (nSPS) is 10.6. The van der Waals surface area contributed by atoms with Gasteiger partial charge in [-0.2, -0.15) is 4.98 Å². The molecule has 0 fully saturated rings. The third-order valence-corrected chi connectivity index (χ3v) is 4.16. The predicted octanol–water partition coefficient (Wildman–Crippen LogP) is 4.04. The number of aryl methyl sites for hydroxylation is 1. The van der Waals surface area contributed by atoms with Gasteiger partial charge in [0, 0.05) is 13.1 Å². The minimum absolute atomic E-state index is 0.406. The molecule has 2 aromatic heterocycles. The van der Waals surface area contributed by atoms with Gasteiger partial charge in [-0.25, -0.2) is 0 Å². The number of rotatable bonds is 7. The molecule has 0 atom stereocenters. The highest BCUT2D eigenvalue weighted by Gasteiger charge is 2.14. The van der Waals surface area contributed by atoms with E-state index in [2.05, 4.69) is 15.3 Å². The number of hydrogen-bond acceptors (Lipinski definition) is 5. The molecule has 0 bridgehead atoms. The van der Waals surface area contributed by atoms with Gasteiger partial charge in [-0.05, 0) is 17.2 Å². The van der Waals surface area contributed by atoms with Crippen LogP contribution in [0.1, 0.15) is 11.1 Å². The lowest BCUT2D eigenvalue weighted by atomic mass is 10.2. The Hall–Kier alpha value is -3.67. The summed E-state index contributed by atoms with van der Waals surface area (Å²) in [5, 5.41) is 8.18. The zero-order chi connectivity index (χ0) is 19.2. The van der Waals surface area contributed by atoms with Crippen LogP contribution >= 0.6 is 0 Å². The van der Waals surface area contributed by atoms with Gasteiger partial charge in [0.2, 0.25) is 11.8 Å². The lowest BCUT2D eigenvalue weighted by Gasteiger charge is -2.12. The van der Waals surface area contributed by atoms with E-state index in [1.54, 1.807) is 4.68 Å². The lowest BCUT2D eigenvalue weighted by Crippen LogP contribution is -2.02. The second-order valence-electron chi connectivity index (χ2n) is 6.33. The van der Waals surface area contributed by atoms with E-state index < -0.39 is 0 Å². The SMILES string of the molecule is Cn1cc(-c2ccc(OCc3ccccc3)nc2OCc2ccccc2)nn1. The van der Waals surface area contributed by atoms with E-state index in [0.29, 0.717) is 30.7 Å². The van der Waals surface area contributed by atoms with Crippen molar-refractivity contribution in [1.29, 1.82) is 0 Å². The van der Waals surface area contributed by atoms with Crippen molar-refractivity contribution in [2.24, 2.45) is 7.05 Å². The van der Waals surface area contributed by atoms with Crippen molar-refractivity contribution in [2.75, 3.05) is 0 Å². The van der Waals surface area contributed by atoms with Crippen molar-refractivity contribution < 1.29 is 9.47 Å². The first-order chi connectivity index (χ1) is 13.8. The zero-order valence-electron chi connectivity index (χ0n) is 15.5. The molecule has 0 saturated heterocycles. The van der Waals surface area contributed by atoms with E-state index in [9.17, 15) is 0 Å². The monoisotopic (exact) mass is 372 g/mol. The molecule has 0 amide bonds. The van der Waals surface area contributed by atoms with Crippen molar-refractivity contribution in [1.82, 2.24) is 20.0 Å². The molecule has 0 radical (unpaired) electrons. The summed E-state index contributed by atoms with van der Waals surface area (Å²) in [6.45, 7) is 0.847. The van der Waals surface area contributed by atoms with Crippen LogP contribution in [0.25, 0.3) is 11.3 Å². The Morgan fingerprint density at radius 1 is 0.786 bits per heavy atom. The molecule has 2 aromatic carbocycles. The average molecular weight is 372 g/mol. The molecule has 2 heterocycles. The Labute approximate surface area is 163 Å². The highest BCUT2D eigenvalue weighted by Crippen LogP contribution is 2.29. The number of aromatic nitrogens is 4. The number of pyridine rings is 1. The molecule has 0 spiro atoms. The average Bonchev–Trinajstić information content (AvgIpc) is 3.18. The third-order valence-electron chi connectivity index (χ3n) is 4.16. The van der Waals surface area contributed by atoms with Crippen LogP contribution in [0.2, 0.25) is 0 Å². The molecular formula is C22H20N4O2. The summed E-state index contributed by atoms with van der Waals surface area (Å²) in [5.74, 6) is 0.967. The second kappa shape index (κ2) is 8.35. The van der Waals surface area contributed by atoms with E-state index >= 15 is 0 Å². The number of hydrogen-bond donors (Lipinski definition) is 0. The second-order valence-corrected chi connectivity index (χ2v) is 6.33. The van der Waals surface area contributed by atoms with Gasteiger partial charge in [-0.3, -0.25) is 4.68 Å². The van der Waals surface area contributed by atoms with Crippen LogP contribution in [0.4, 0.5) is 0 Å². The van der Waals surface area contributed by atoms with Crippen molar-refractivity contribution in [3.8, 4) is 23.0 Å². The van der Waals surface area contributed by atoms with Gasteiger partial charge >= 0.3 is 0 Å². The van der Waals surface area contributed by atoms with Gasteiger partial charge in [-0.1, -0.05) is 65.9 Å². The summed E-state index contributed by atoms with van der Waals surface area (Å²) in [6.07, 6.45) is 1.83. The Kier molecular flexibility index (Phi) is 5.29. The van der Waals surface area contributed by atoms with Crippen molar-refractivity contribution >= 4 is 0 Å². The minimum atomic E-state index is 0.406. The van der Waals surface area contributed by atoms with Crippen LogP contribution in [0, 0.1) is 0 Å². The van der Waals surface area contributed by atoms with E-state index in [0.717, 1.165) is 16.7 Å². The number of benzene rings is 2. The quantitative estimate of drug-likeness (QED) is 0.490. The maximum absolute atomic E-state index is 6.01. The first-order valence-corrected chi connectivity index (χ1v) is 8.99. The minimum Gasteiger partial charge on any atom is -0.473 e. The van der Waals surface area contributed by atoms with E-state index in [4.69, 9.17) is 9.47 Å². The van der Waals surface area contributed by atoms with E-state index in [1.807, 2.05) is 86.0 Å². The topological polar surface area (TPSA) is 62.1 Å². The predicted molar refractivity (Wildman–Crippen MR) is 106 cm³/mol. The Bertz CT molecular complexity index is 1030. The fourth-order valence-electron chi connectivity index (χ4n) is 2.74. The standard InChI is InChI=1S/C22H20N4O2/c1-26-14-20(24-25-26)19-12-13-21(27-15-17-8-4-2-5-9-17)23-22(19)28-16-18-10-6-3-7-11-18/h2-14H,15-16H2,1H3. The summed E-state index contributed by atoms with van der Waals surface area (Å²) < 4.78 is 13.5. The molecule has 140 valence electrons. The summed E-state index contributed by atoms with van der Waals surface area (Å²) in [4.78, 5) is 4.57. The number of ether oxygens (including phenoxy) is 2. The van der Waals surface area contributed by atoms with Gasteiger partial charge in [0.05, 0.1) is 11.8 Å². The van der Waals surface area contributed by atoms with Crippen LogP contribution in [0.3, 0.4) is 0 Å². The summed E-state index contributed by atoms with van der Waals surface area (Å²) in [5.41, 5.74) is 3.61. The molecule has 0 unspecified atom stereocenters.